The van der Waals surface area contributed by atoms with Gasteiger partial charge < -0.3 is 15.5 Å². The van der Waals surface area contributed by atoms with Crippen LogP contribution in [-0.2, 0) is 13.5 Å². The van der Waals surface area contributed by atoms with Crippen molar-refractivity contribution in [2.75, 3.05) is 31.5 Å². The zero-order chi connectivity index (χ0) is 23.2. The molecule has 1 aromatic heterocycles. The molecule has 2 amide bonds. The van der Waals surface area contributed by atoms with Gasteiger partial charge in [-0.15, -0.1) is 5.10 Å². The first-order chi connectivity index (χ1) is 16.0. The van der Waals surface area contributed by atoms with E-state index in [2.05, 4.69) is 38.0 Å². The predicted molar refractivity (Wildman–Crippen MR) is 125 cm³/mol. The Morgan fingerprint density at radius 1 is 1.21 bits per heavy atom. The molecule has 33 heavy (non-hydrogen) atoms. The Bertz CT molecular complexity index is 1070. The third-order valence-corrected chi connectivity index (χ3v) is 6.35. The van der Waals surface area contributed by atoms with Gasteiger partial charge in [0.2, 0.25) is 0 Å². The molecular formula is C24H30FN7O. The van der Waals surface area contributed by atoms with Crippen molar-refractivity contribution < 1.29 is 9.18 Å². The second-order valence-electron chi connectivity index (χ2n) is 8.75. The Kier molecular flexibility index (Phi) is 7.29. The number of amides is 2. The molecule has 3 aromatic rings. The van der Waals surface area contributed by atoms with Crippen LogP contribution in [0.1, 0.15) is 18.9 Å². The first kappa shape index (κ1) is 22.8. The molecule has 4 rings (SSSR count). The fourth-order valence-corrected chi connectivity index (χ4v) is 4.24. The first-order valence-corrected chi connectivity index (χ1v) is 11.3. The number of rotatable bonds is 7. The number of likely N-dealkylation sites (tertiary alicyclic amines) is 1. The largest absolute Gasteiger partial charge is 0.338 e. The van der Waals surface area contributed by atoms with E-state index in [9.17, 15) is 9.18 Å². The minimum atomic E-state index is -0.223. The fraction of sp³-hybridized carbons (Fsp3) is 0.417. The number of urea groups is 1. The topological polar surface area (TPSA) is 88.0 Å². The summed E-state index contributed by atoms with van der Waals surface area (Å²) < 4.78 is 14.7. The molecule has 174 valence electrons. The van der Waals surface area contributed by atoms with Gasteiger partial charge in [-0.1, -0.05) is 31.2 Å². The standard InChI is InChI=1S/C24H30FN7O/c1-17-10-12-32(13-11-18-6-8-21(25)9-7-18)16-20(17)15-26-24(33)27-22-5-3-4-19(14-22)23-28-29-30-31(23)2/h3-9,14,17,20H,10-13,15-16H2,1-2H3,(H2,26,27,33)/t17-,20+/m0/s1. The lowest BCUT2D eigenvalue weighted by Crippen LogP contribution is -2.45. The summed E-state index contributed by atoms with van der Waals surface area (Å²) in [5.74, 6) is 1.36. The van der Waals surface area contributed by atoms with Gasteiger partial charge in [-0.05, 0) is 71.5 Å². The number of anilines is 1. The highest BCUT2D eigenvalue weighted by Crippen LogP contribution is 2.23. The normalized spacial score (nSPS) is 18.8. The van der Waals surface area contributed by atoms with Crippen molar-refractivity contribution in [3.63, 3.8) is 0 Å². The summed E-state index contributed by atoms with van der Waals surface area (Å²) in [5.41, 5.74) is 2.66. The number of hydrogen-bond acceptors (Lipinski definition) is 5. The molecule has 0 bridgehead atoms. The number of tetrazole rings is 1. The number of carbonyl (C=O) groups is 1. The van der Waals surface area contributed by atoms with Gasteiger partial charge in [0, 0.05) is 37.9 Å². The molecule has 2 aromatic carbocycles. The highest BCUT2D eigenvalue weighted by atomic mass is 19.1. The summed E-state index contributed by atoms with van der Waals surface area (Å²) in [4.78, 5) is 15.0. The van der Waals surface area contributed by atoms with E-state index in [0.29, 0.717) is 29.9 Å². The predicted octanol–water partition coefficient (Wildman–Crippen LogP) is 3.34. The van der Waals surface area contributed by atoms with E-state index in [0.717, 1.165) is 43.6 Å². The van der Waals surface area contributed by atoms with Gasteiger partial charge in [-0.2, -0.15) is 0 Å². The molecule has 1 saturated heterocycles. The third kappa shape index (κ3) is 6.13. The van der Waals surface area contributed by atoms with Crippen LogP contribution in [0.4, 0.5) is 14.9 Å². The van der Waals surface area contributed by atoms with Crippen LogP contribution in [0.3, 0.4) is 0 Å². The number of nitrogens with one attached hydrogen (secondary N) is 2. The van der Waals surface area contributed by atoms with Crippen molar-refractivity contribution in [1.29, 1.82) is 0 Å². The maximum Gasteiger partial charge on any atom is 0.319 e. The fourth-order valence-electron chi connectivity index (χ4n) is 4.24. The molecule has 0 spiro atoms. The zero-order valence-electron chi connectivity index (χ0n) is 19.0. The van der Waals surface area contributed by atoms with Crippen molar-refractivity contribution >= 4 is 11.7 Å². The molecule has 2 heterocycles. The van der Waals surface area contributed by atoms with Crippen LogP contribution in [-0.4, -0.2) is 57.3 Å². The minimum Gasteiger partial charge on any atom is -0.338 e. The smallest absolute Gasteiger partial charge is 0.319 e. The van der Waals surface area contributed by atoms with Crippen LogP contribution in [0.15, 0.2) is 48.5 Å². The van der Waals surface area contributed by atoms with E-state index < -0.39 is 0 Å². The Labute approximate surface area is 193 Å². The molecular weight excluding hydrogens is 421 g/mol. The minimum absolute atomic E-state index is 0.202. The molecule has 8 nitrogen and oxygen atoms in total. The quantitative estimate of drug-likeness (QED) is 0.575. The number of aryl methyl sites for hydroxylation is 1. The SMILES string of the molecule is C[C@H]1CCN(CCc2ccc(F)cc2)C[C@H]1CNC(=O)Nc1cccc(-c2nnnn2C)c1. The van der Waals surface area contributed by atoms with Crippen LogP contribution < -0.4 is 10.6 Å². The number of benzene rings is 2. The summed E-state index contributed by atoms with van der Waals surface area (Å²) in [6.45, 7) is 5.80. The summed E-state index contributed by atoms with van der Waals surface area (Å²) in [5, 5.41) is 17.5. The van der Waals surface area contributed by atoms with Gasteiger partial charge >= 0.3 is 6.03 Å². The molecule has 1 aliphatic rings. The van der Waals surface area contributed by atoms with Crippen LogP contribution in [0.5, 0.6) is 0 Å². The van der Waals surface area contributed by atoms with Crippen LogP contribution >= 0.6 is 0 Å². The molecule has 2 N–H and O–H groups in total. The van der Waals surface area contributed by atoms with Gasteiger partial charge in [-0.25, -0.2) is 13.9 Å². The van der Waals surface area contributed by atoms with Crippen molar-refractivity contribution in [3.05, 3.63) is 59.9 Å². The molecule has 0 saturated carbocycles. The number of nitrogens with zero attached hydrogens (tertiary/aromatic N) is 5. The first-order valence-electron chi connectivity index (χ1n) is 11.3. The Balaban J connectivity index is 1.26. The number of halogens is 1. The van der Waals surface area contributed by atoms with Crippen molar-refractivity contribution in [2.45, 2.75) is 19.8 Å². The van der Waals surface area contributed by atoms with Gasteiger partial charge in [0.05, 0.1) is 0 Å². The van der Waals surface area contributed by atoms with Gasteiger partial charge in [0.25, 0.3) is 0 Å². The van der Waals surface area contributed by atoms with Crippen molar-refractivity contribution in [1.82, 2.24) is 30.4 Å². The average Bonchev–Trinajstić information content (AvgIpc) is 3.25. The van der Waals surface area contributed by atoms with Crippen molar-refractivity contribution in [3.8, 4) is 11.4 Å². The van der Waals surface area contributed by atoms with E-state index in [1.807, 2.05) is 36.4 Å². The number of carbonyl (C=O) groups excluding carboxylic acids is 1. The van der Waals surface area contributed by atoms with E-state index in [1.54, 1.807) is 11.7 Å². The highest BCUT2D eigenvalue weighted by Gasteiger charge is 2.26. The maximum absolute atomic E-state index is 13.1. The lowest BCUT2D eigenvalue weighted by atomic mass is 9.87. The number of hydrogen-bond donors (Lipinski definition) is 2. The average molecular weight is 452 g/mol. The second kappa shape index (κ2) is 10.5. The molecule has 9 heteroatoms. The summed E-state index contributed by atoms with van der Waals surface area (Å²) in [7, 11) is 1.77. The number of aromatic nitrogens is 4. The summed E-state index contributed by atoms with van der Waals surface area (Å²) in [6.07, 6.45) is 2.00. The van der Waals surface area contributed by atoms with E-state index >= 15 is 0 Å². The van der Waals surface area contributed by atoms with E-state index in [-0.39, 0.29) is 11.8 Å². The second-order valence-corrected chi connectivity index (χ2v) is 8.75. The Morgan fingerprint density at radius 2 is 2.03 bits per heavy atom. The molecule has 1 fully saturated rings. The van der Waals surface area contributed by atoms with Crippen molar-refractivity contribution in [2.24, 2.45) is 18.9 Å². The lowest BCUT2D eigenvalue weighted by Gasteiger charge is -2.37. The monoisotopic (exact) mass is 451 g/mol. The Morgan fingerprint density at radius 3 is 2.79 bits per heavy atom. The molecule has 0 aliphatic carbocycles. The van der Waals surface area contributed by atoms with Crippen LogP contribution in [0.25, 0.3) is 11.4 Å². The van der Waals surface area contributed by atoms with Gasteiger partial charge in [-0.3, -0.25) is 0 Å². The zero-order valence-corrected chi connectivity index (χ0v) is 19.0. The lowest BCUT2D eigenvalue weighted by molar-refractivity contribution is 0.129. The van der Waals surface area contributed by atoms with Crippen LogP contribution in [0.2, 0.25) is 0 Å². The molecule has 0 radical (unpaired) electrons. The Hall–Kier alpha value is -3.33. The van der Waals surface area contributed by atoms with Gasteiger partial charge in [0.15, 0.2) is 5.82 Å². The molecule has 0 unspecified atom stereocenters. The summed E-state index contributed by atoms with van der Waals surface area (Å²) in [6, 6.07) is 14.0. The third-order valence-electron chi connectivity index (χ3n) is 6.35. The number of piperidine rings is 1. The van der Waals surface area contributed by atoms with Crippen LogP contribution in [0, 0.1) is 17.7 Å². The van der Waals surface area contributed by atoms with E-state index in [4.69, 9.17) is 0 Å². The van der Waals surface area contributed by atoms with E-state index in [1.165, 1.54) is 12.1 Å². The molecule has 2 atom stereocenters. The highest BCUT2D eigenvalue weighted by molar-refractivity contribution is 5.89. The molecule has 1 aliphatic heterocycles. The summed E-state index contributed by atoms with van der Waals surface area (Å²) >= 11 is 0. The maximum atomic E-state index is 13.1. The van der Waals surface area contributed by atoms with Gasteiger partial charge in [0.1, 0.15) is 5.82 Å².